The zero-order valence-electron chi connectivity index (χ0n) is 17.7. The van der Waals surface area contributed by atoms with Crippen LogP contribution < -0.4 is 16.2 Å². The summed E-state index contributed by atoms with van der Waals surface area (Å²) < 4.78 is 1.84. The van der Waals surface area contributed by atoms with Gasteiger partial charge in [-0.15, -0.1) is 0 Å². The first-order chi connectivity index (χ1) is 14.4. The summed E-state index contributed by atoms with van der Waals surface area (Å²) in [5.41, 5.74) is 11.9. The fourth-order valence-electron chi connectivity index (χ4n) is 3.46. The van der Waals surface area contributed by atoms with Crippen molar-refractivity contribution in [2.45, 2.75) is 40.7 Å². The third kappa shape index (κ3) is 4.86. The van der Waals surface area contributed by atoms with Gasteiger partial charge in [0.1, 0.15) is 0 Å². The molecule has 0 unspecified atom stereocenters. The molecule has 3 N–H and O–H groups in total. The number of hydrogen-bond acceptors (Lipinski definition) is 3. The van der Waals surface area contributed by atoms with Gasteiger partial charge in [0.2, 0.25) is 0 Å². The summed E-state index contributed by atoms with van der Waals surface area (Å²) in [6.07, 6.45) is 0.887. The number of anilines is 1. The first-order valence-corrected chi connectivity index (χ1v) is 10.3. The Labute approximate surface area is 182 Å². The van der Waals surface area contributed by atoms with E-state index in [4.69, 9.17) is 12.2 Å². The fourth-order valence-corrected chi connectivity index (χ4v) is 3.61. The Morgan fingerprint density at radius 1 is 1.03 bits per heavy atom. The Hall–Kier alpha value is -3.19. The number of nitrogens with one attached hydrogen (secondary N) is 3. The SMILES string of the molecule is CCc1cccc(C)c1NC(=S)NNC(=O)c1c(C)nn(Cc2ccccc2)c1C. The normalized spacial score (nSPS) is 10.5. The molecule has 1 amide bonds. The number of carbonyl (C=O) groups is 1. The van der Waals surface area contributed by atoms with Crippen LogP contribution in [0.3, 0.4) is 0 Å². The molecule has 1 heterocycles. The zero-order valence-corrected chi connectivity index (χ0v) is 18.6. The molecule has 0 aliphatic carbocycles. The summed E-state index contributed by atoms with van der Waals surface area (Å²) in [6.45, 7) is 8.46. The van der Waals surface area contributed by atoms with Crippen LogP contribution in [0.4, 0.5) is 5.69 Å². The molecule has 0 saturated carbocycles. The molecule has 1 aromatic heterocycles. The van der Waals surface area contributed by atoms with E-state index in [0.29, 0.717) is 22.9 Å². The smallest absolute Gasteiger partial charge is 0.273 e. The lowest BCUT2D eigenvalue weighted by Crippen LogP contribution is -2.44. The van der Waals surface area contributed by atoms with Gasteiger partial charge in [-0.3, -0.25) is 20.3 Å². The molecule has 0 spiro atoms. The number of thiocarbonyl (C=S) groups is 1. The number of benzene rings is 2. The van der Waals surface area contributed by atoms with E-state index in [9.17, 15) is 4.79 Å². The molecule has 6 nitrogen and oxygen atoms in total. The highest BCUT2D eigenvalue weighted by atomic mass is 32.1. The first kappa shape index (κ1) is 21.5. The summed E-state index contributed by atoms with van der Waals surface area (Å²) in [5.74, 6) is -0.269. The van der Waals surface area contributed by atoms with Gasteiger partial charge in [0, 0.05) is 11.4 Å². The van der Waals surface area contributed by atoms with Crippen molar-refractivity contribution in [3.63, 3.8) is 0 Å². The molecule has 7 heteroatoms. The maximum absolute atomic E-state index is 12.8. The first-order valence-electron chi connectivity index (χ1n) is 9.94. The van der Waals surface area contributed by atoms with Crippen LogP contribution in [0.1, 0.15) is 45.4 Å². The molecular formula is C23H27N5OS. The van der Waals surface area contributed by atoms with Crippen LogP contribution in [0, 0.1) is 20.8 Å². The highest BCUT2D eigenvalue weighted by Gasteiger charge is 2.19. The predicted octanol–water partition coefficient (Wildman–Crippen LogP) is 4.05. The molecule has 30 heavy (non-hydrogen) atoms. The third-order valence-corrected chi connectivity index (χ3v) is 5.26. The van der Waals surface area contributed by atoms with Crippen molar-refractivity contribution in [2.24, 2.45) is 0 Å². The van der Waals surface area contributed by atoms with Gasteiger partial charge in [0.05, 0.1) is 17.8 Å². The van der Waals surface area contributed by atoms with E-state index >= 15 is 0 Å². The van der Waals surface area contributed by atoms with Gasteiger partial charge >= 0.3 is 0 Å². The standard InChI is InChI=1S/C23H27N5OS/c1-5-19-13-9-10-15(2)21(19)24-23(30)26-25-22(29)20-16(3)27-28(17(20)4)14-18-11-7-6-8-12-18/h6-13H,5,14H2,1-4H3,(H,25,29)(H2,24,26,30). The molecule has 3 aromatic rings. The van der Waals surface area contributed by atoms with E-state index in [1.807, 2.05) is 67.9 Å². The fraction of sp³-hybridized carbons (Fsp3) is 0.261. The van der Waals surface area contributed by atoms with Crippen LogP contribution >= 0.6 is 12.2 Å². The summed E-state index contributed by atoms with van der Waals surface area (Å²) in [4.78, 5) is 12.8. The number of hydrogen-bond donors (Lipinski definition) is 3. The number of hydrazine groups is 1. The second-order valence-electron chi connectivity index (χ2n) is 7.18. The van der Waals surface area contributed by atoms with E-state index in [1.54, 1.807) is 0 Å². The third-order valence-electron chi connectivity index (χ3n) is 5.05. The Morgan fingerprint density at radius 2 is 1.77 bits per heavy atom. The molecule has 0 radical (unpaired) electrons. The number of aryl methyl sites for hydroxylation is 3. The molecule has 0 aliphatic rings. The molecule has 3 rings (SSSR count). The van der Waals surface area contributed by atoms with Crippen molar-refractivity contribution in [1.29, 1.82) is 0 Å². The van der Waals surface area contributed by atoms with Gasteiger partial charge in [-0.1, -0.05) is 55.5 Å². The van der Waals surface area contributed by atoms with Crippen LogP contribution in [0.2, 0.25) is 0 Å². The topological polar surface area (TPSA) is 71.0 Å². The Bertz CT molecular complexity index is 1060. The second kappa shape index (κ2) is 9.54. The second-order valence-corrected chi connectivity index (χ2v) is 7.59. The van der Waals surface area contributed by atoms with E-state index < -0.39 is 0 Å². The van der Waals surface area contributed by atoms with Gasteiger partial charge in [0.15, 0.2) is 5.11 Å². The van der Waals surface area contributed by atoms with Gasteiger partial charge in [0.25, 0.3) is 5.91 Å². The molecule has 0 atom stereocenters. The van der Waals surface area contributed by atoms with E-state index in [-0.39, 0.29) is 5.91 Å². The number of amides is 1. The van der Waals surface area contributed by atoms with E-state index in [2.05, 4.69) is 34.3 Å². The van der Waals surface area contributed by atoms with Crippen molar-refractivity contribution in [2.75, 3.05) is 5.32 Å². The molecule has 0 aliphatic heterocycles. The van der Waals surface area contributed by atoms with Crippen molar-refractivity contribution in [3.05, 3.63) is 82.2 Å². The highest BCUT2D eigenvalue weighted by Crippen LogP contribution is 2.21. The maximum Gasteiger partial charge on any atom is 0.273 e. The van der Waals surface area contributed by atoms with E-state index in [1.165, 1.54) is 5.56 Å². The molecular weight excluding hydrogens is 394 g/mol. The molecule has 156 valence electrons. The van der Waals surface area contributed by atoms with Crippen molar-refractivity contribution < 1.29 is 4.79 Å². The molecule has 2 aromatic carbocycles. The van der Waals surface area contributed by atoms with Crippen LogP contribution in [-0.4, -0.2) is 20.8 Å². The number of para-hydroxylation sites is 1. The van der Waals surface area contributed by atoms with Gasteiger partial charge in [-0.05, 0) is 56.1 Å². The van der Waals surface area contributed by atoms with E-state index in [0.717, 1.165) is 28.9 Å². The summed E-state index contributed by atoms with van der Waals surface area (Å²) in [6, 6.07) is 16.1. The summed E-state index contributed by atoms with van der Waals surface area (Å²) in [7, 11) is 0. The van der Waals surface area contributed by atoms with Crippen LogP contribution in [0.15, 0.2) is 48.5 Å². The van der Waals surface area contributed by atoms with Crippen molar-refractivity contribution in [3.8, 4) is 0 Å². The van der Waals surface area contributed by atoms with Crippen LogP contribution in [0.5, 0.6) is 0 Å². The maximum atomic E-state index is 12.8. The Morgan fingerprint density at radius 3 is 2.47 bits per heavy atom. The molecule has 0 fully saturated rings. The predicted molar refractivity (Wildman–Crippen MR) is 125 cm³/mol. The number of rotatable bonds is 5. The Kier molecular flexibility index (Phi) is 6.84. The Balaban J connectivity index is 1.66. The zero-order chi connectivity index (χ0) is 21.7. The van der Waals surface area contributed by atoms with Crippen molar-refractivity contribution >= 4 is 28.9 Å². The van der Waals surface area contributed by atoms with Crippen LogP contribution in [0.25, 0.3) is 0 Å². The minimum Gasteiger partial charge on any atom is -0.331 e. The van der Waals surface area contributed by atoms with Crippen LogP contribution in [-0.2, 0) is 13.0 Å². The lowest BCUT2D eigenvalue weighted by molar-refractivity contribution is 0.0943. The molecule has 0 saturated heterocycles. The number of aromatic nitrogens is 2. The summed E-state index contributed by atoms with van der Waals surface area (Å²) in [5, 5.41) is 8.06. The molecule has 0 bridgehead atoms. The van der Waals surface area contributed by atoms with Gasteiger partial charge in [-0.2, -0.15) is 5.10 Å². The average Bonchev–Trinajstić information content (AvgIpc) is 3.01. The lowest BCUT2D eigenvalue weighted by Gasteiger charge is -2.16. The quantitative estimate of drug-likeness (QED) is 0.428. The number of carbonyl (C=O) groups excluding carboxylic acids is 1. The minimum absolute atomic E-state index is 0.269. The highest BCUT2D eigenvalue weighted by molar-refractivity contribution is 7.80. The van der Waals surface area contributed by atoms with Crippen molar-refractivity contribution in [1.82, 2.24) is 20.6 Å². The number of nitrogens with zero attached hydrogens (tertiary/aromatic N) is 2. The van der Waals surface area contributed by atoms with Gasteiger partial charge in [-0.25, -0.2) is 0 Å². The monoisotopic (exact) mass is 421 g/mol. The largest absolute Gasteiger partial charge is 0.331 e. The lowest BCUT2D eigenvalue weighted by atomic mass is 10.1. The average molecular weight is 422 g/mol. The van der Waals surface area contributed by atoms with Gasteiger partial charge < -0.3 is 5.32 Å². The minimum atomic E-state index is -0.269. The summed E-state index contributed by atoms with van der Waals surface area (Å²) >= 11 is 5.37.